The molecule has 0 bridgehead atoms. The normalized spacial score (nSPS) is 11.6. The maximum absolute atomic E-state index is 13.8. The molecule has 5 rings (SSSR count). The maximum Gasteiger partial charge on any atom is 0.251 e. The van der Waals surface area contributed by atoms with E-state index in [0.717, 1.165) is 28.8 Å². The fourth-order valence-electron chi connectivity index (χ4n) is 4.20. The van der Waals surface area contributed by atoms with Gasteiger partial charge in [0.2, 0.25) is 0 Å². The third kappa shape index (κ3) is 5.24. The molecular weight excluding hydrogens is 493 g/mol. The molecule has 0 unspecified atom stereocenters. The molecule has 8 nitrogen and oxygen atoms in total. The monoisotopic (exact) mass is 515 g/mol. The lowest BCUT2D eigenvalue weighted by Gasteiger charge is -2.10. The number of anilines is 1. The van der Waals surface area contributed by atoms with Crippen LogP contribution < -0.4 is 11.1 Å². The zero-order valence-electron chi connectivity index (χ0n) is 19.8. The zero-order chi connectivity index (χ0) is 26.2. The molecule has 0 aliphatic carbocycles. The maximum atomic E-state index is 13.8. The molecule has 0 aliphatic heterocycles. The SMILES string of the molecule is CS(=O)(=O)c1cc(Cc2cc(C(=O)NCc3ccc4c(N)nccc4c3)ccn2)cc2cc(F)cnc12. The first-order chi connectivity index (χ1) is 17.7. The largest absolute Gasteiger partial charge is 0.383 e. The molecule has 37 heavy (non-hydrogen) atoms. The van der Waals surface area contributed by atoms with Gasteiger partial charge in [0.1, 0.15) is 11.6 Å². The number of nitrogen functional groups attached to an aromatic ring is 1. The molecule has 0 atom stereocenters. The number of amides is 1. The molecular formula is C27H22FN5O3S. The molecule has 2 aromatic carbocycles. The van der Waals surface area contributed by atoms with Crippen LogP contribution in [-0.4, -0.2) is 35.5 Å². The molecule has 5 aromatic rings. The van der Waals surface area contributed by atoms with E-state index in [0.29, 0.717) is 34.6 Å². The van der Waals surface area contributed by atoms with Gasteiger partial charge in [0.05, 0.1) is 16.6 Å². The molecule has 0 saturated carbocycles. The van der Waals surface area contributed by atoms with Gasteiger partial charge in [-0.05, 0) is 59.0 Å². The van der Waals surface area contributed by atoms with Crippen LogP contribution in [0.15, 0.2) is 78.1 Å². The molecule has 186 valence electrons. The fourth-order valence-corrected chi connectivity index (χ4v) is 5.09. The highest BCUT2D eigenvalue weighted by atomic mass is 32.2. The van der Waals surface area contributed by atoms with Crippen LogP contribution in [0.3, 0.4) is 0 Å². The van der Waals surface area contributed by atoms with Gasteiger partial charge in [-0.3, -0.25) is 14.8 Å². The summed E-state index contributed by atoms with van der Waals surface area (Å²) in [6, 6.07) is 15.3. The summed E-state index contributed by atoms with van der Waals surface area (Å²) in [5, 5.41) is 5.06. The first-order valence-corrected chi connectivity index (χ1v) is 13.2. The van der Waals surface area contributed by atoms with Crippen LogP contribution in [-0.2, 0) is 22.8 Å². The van der Waals surface area contributed by atoms with E-state index in [2.05, 4.69) is 20.3 Å². The van der Waals surface area contributed by atoms with Crippen molar-refractivity contribution in [3.05, 3.63) is 101 Å². The smallest absolute Gasteiger partial charge is 0.251 e. The summed E-state index contributed by atoms with van der Waals surface area (Å²) < 4.78 is 38.5. The Morgan fingerprint density at radius 2 is 1.73 bits per heavy atom. The number of fused-ring (bicyclic) bond motifs is 2. The Hall–Kier alpha value is -4.44. The van der Waals surface area contributed by atoms with Crippen LogP contribution >= 0.6 is 0 Å². The number of benzene rings is 2. The number of rotatable bonds is 6. The summed E-state index contributed by atoms with van der Waals surface area (Å²) in [6.45, 7) is 0.315. The number of nitrogens with two attached hydrogens (primary N) is 1. The summed E-state index contributed by atoms with van der Waals surface area (Å²) >= 11 is 0. The summed E-state index contributed by atoms with van der Waals surface area (Å²) in [5.74, 6) is -0.388. The van der Waals surface area contributed by atoms with E-state index in [1.165, 1.54) is 18.3 Å². The van der Waals surface area contributed by atoms with E-state index in [-0.39, 0.29) is 22.7 Å². The number of nitrogens with zero attached hydrogens (tertiary/aromatic N) is 3. The number of carbonyl (C=O) groups is 1. The second-order valence-corrected chi connectivity index (χ2v) is 10.7. The molecule has 0 fully saturated rings. The van der Waals surface area contributed by atoms with Crippen LogP contribution in [0.5, 0.6) is 0 Å². The minimum Gasteiger partial charge on any atom is -0.383 e. The molecule has 0 aliphatic rings. The van der Waals surface area contributed by atoms with Gasteiger partial charge in [-0.25, -0.2) is 17.8 Å². The van der Waals surface area contributed by atoms with Crippen molar-refractivity contribution in [3.8, 4) is 0 Å². The van der Waals surface area contributed by atoms with E-state index < -0.39 is 15.7 Å². The number of halogens is 1. The predicted molar refractivity (Wildman–Crippen MR) is 139 cm³/mol. The second kappa shape index (κ2) is 9.55. The molecule has 3 heterocycles. The van der Waals surface area contributed by atoms with Gasteiger partial charge in [0, 0.05) is 53.6 Å². The highest BCUT2D eigenvalue weighted by Crippen LogP contribution is 2.25. The predicted octanol–water partition coefficient (Wildman–Crippen LogP) is 3.82. The third-order valence-electron chi connectivity index (χ3n) is 5.95. The lowest BCUT2D eigenvalue weighted by molar-refractivity contribution is 0.0950. The van der Waals surface area contributed by atoms with E-state index in [4.69, 9.17) is 5.73 Å². The Balaban J connectivity index is 1.36. The topological polar surface area (TPSA) is 128 Å². The van der Waals surface area contributed by atoms with Gasteiger partial charge >= 0.3 is 0 Å². The van der Waals surface area contributed by atoms with Crippen molar-refractivity contribution in [1.29, 1.82) is 0 Å². The molecule has 0 radical (unpaired) electrons. The minimum absolute atomic E-state index is 0.0156. The Kier molecular flexibility index (Phi) is 6.26. The van der Waals surface area contributed by atoms with Crippen LogP contribution in [0, 0.1) is 5.82 Å². The van der Waals surface area contributed by atoms with Crippen LogP contribution in [0.4, 0.5) is 10.2 Å². The van der Waals surface area contributed by atoms with Gasteiger partial charge in [-0.1, -0.05) is 12.1 Å². The average Bonchev–Trinajstić information content (AvgIpc) is 2.86. The zero-order valence-corrected chi connectivity index (χ0v) is 20.6. The number of nitrogens with one attached hydrogen (secondary N) is 1. The van der Waals surface area contributed by atoms with Gasteiger partial charge in [0.15, 0.2) is 9.84 Å². The molecule has 0 saturated heterocycles. The summed E-state index contributed by atoms with van der Waals surface area (Å²) in [4.78, 5) is 25.2. The summed E-state index contributed by atoms with van der Waals surface area (Å²) in [5.41, 5.74) is 8.60. The Morgan fingerprint density at radius 1 is 0.946 bits per heavy atom. The van der Waals surface area contributed by atoms with Gasteiger partial charge in [0.25, 0.3) is 5.91 Å². The highest BCUT2D eigenvalue weighted by Gasteiger charge is 2.16. The second-order valence-electron chi connectivity index (χ2n) is 8.74. The molecule has 10 heteroatoms. The van der Waals surface area contributed by atoms with Gasteiger partial charge in [-0.2, -0.15) is 0 Å². The molecule has 3 aromatic heterocycles. The van der Waals surface area contributed by atoms with Crippen LogP contribution in [0.1, 0.15) is 27.2 Å². The summed E-state index contributed by atoms with van der Waals surface area (Å²) in [7, 11) is -3.61. The average molecular weight is 516 g/mol. The lowest BCUT2D eigenvalue weighted by atomic mass is 10.0. The number of hydrogen-bond acceptors (Lipinski definition) is 7. The minimum atomic E-state index is -3.61. The number of aromatic nitrogens is 3. The first kappa shape index (κ1) is 24.3. The van der Waals surface area contributed by atoms with E-state index in [9.17, 15) is 17.6 Å². The number of hydrogen-bond donors (Lipinski definition) is 2. The molecule has 1 amide bonds. The van der Waals surface area contributed by atoms with Crippen molar-refractivity contribution in [2.24, 2.45) is 0 Å². The van der Waals surface area contributed by atoms with E-state index >= 15 is 0 Å². The molecule has 3 N–H and O–H groups in total. The van der Waals surface area contributed by atoms with Crippen molar-refractivity contribution in [2.45, 2.75) is 17.9 Å². The first-order valence-electron chi connectivity index (χ1n) is 11.3. The van der Waals surface area contributed by atoms with Crippen molar-refractivity contribution in [2.75, 3.05) is 12.0 Å². The number of sulfone groups is 1. The van der Waals surface area contributed by atoms with Crippen molar-refractivity contribution < 1.29 is 17.6 Å². The number of pyridine rings is 3. The highest BCUT2D eigenvalue weighted by molar-refractivity contribution is 7.91. The third-order valence-corrected chi connectivity index (χ3v) is 7.06. The van der Waals surface area contributed by atoms with E-state index in [1.807, 2.05) is 24.3 Å². The van der Waals surface area contributed by atoms with Crippen molar-refractivity contribution in [1.82, 2.24) is 20.3 Å². The quantitative estimate of drug-likeness (QED) is 0.352. The Bertz CT molecular complexity index is 1790. The Labute approximate surface area is 212 Å². The fraction of sp³-hybridized carbons (Fsp3) is 0.111. The van der Waals surface area contributed by atoms with Gasteiger partial charge < -0.3 is 11.1 Å². The Morgan fingerprint density at radius 3 is 2.54 bits per heavy atom. The van der Waals surface area contributed by atoms with Crippen LogP contribution in [0.25, 0.3) is 21.7 Å². The van der Waals surface area contributed by atoms with Crippen molar-refractivity contribution in [3.63, 3.8) is 0 Å². The van der Waals surface area contributed by atoms with Crippen LogP contribution in [0.2, 0.25) is 0 Å². The van der Waals surface area contributed by atoms with Crippen molar-refractivity contribution >= 4 is 43.2 Å². The standard InChI is InChI=1S/C27H22FN5O3S/c1-37(35,36)24-11-17(9-20-12-21(28)15-32-25(20)24)10-22-13-19(5-6-30-22)27(34)33-14-16-2-3-23-18(8-16)4-7-31-26(23)29/h2-9,11-13,15H,10,14H2,1H3,(H2,29,31)(H,33,34). The van der Waals surface area contributed by atoms with E-state index in [1.54, 1.807) is 24.4 Å². The lowest BCUT2D eigenvalue weighted by Crippen LogP contribution is -2.23. The van der Waals surface area contributed by atoms with Gasteiger partial charge in [-0.15, -0.1) is 0 Å². The summed E-state index contributed by atoms with van der Waals surface area (Å²) in [6.07, 6.45) is 5.48. The molecule has 0 spiro atoms. The number of carbonyl (C=O) groups excluding carboxylic acids is 1.